The molecule has 0 saturated carbocycles. The van der Waals surface area contributed by atoms with Crippen molar-refractivity contribution < 1.29 is 4.39 Å². The van der Waals surface area contributed by atoms with Crippen LogP contribution >= 0.6 is 11.6 Å². The van der Waals surface area contributed by atoms with Gasteiger partial charge in [0, 0.05) is 41.3 Å². The van der Waals surface area contributed by atoms with E-state index in [-0.39, 0.29) is 23.7 Å². The van der Waals surface area contributed by atoms with Gasteiger partial charge in [0.05, 0.1) is 22.9 Å². The molecule has 3 atom stereocenters. The van der Waals surface area contributed by atoms with Gasteiger partial charge in [0.1, 0.15) is 11.5 Å². The molecule has 1 aliphatic rings. The van der Waals surface area contributed by atoms with Gasteiger partial charge in [0.25, 0.3) is 0 Å². The molecule has 1 fully saturated rings. The first-order valence-corrected chi connectivity index (χ1v) is 15.7. The lowest BCUT2D eigenvalue weighted by Gasteiger charge is -2.31. The number of aliphatic imine (C=N–C) groups is 1. The molecule has 5 rings (SSSR count). The van der Waals surface area contributed by atoms with Gasteiger partial charge in [0.15, 0.2) is 5.82 Å². The molecule has 234 valence electrons. The second-order valence-corrected chi connectivity index (χ2v) is 12.3. The second-order valence-electron chi connectivity index (χ2n) is 11.9. The van der Waals surface area contributed by atoms with Crippen molar-refractivity contribution in [3.8, 4) is 16.9 Å². The highest BCUT2D eigenvalue weighted by Gasteiger charge is 2.23. The van der Waals surface area contributed by atoms with Crippen LogP contribution in [0.25, 0.3) is 28.0 Å². The maximum absolute atomic E-state index is 15.2. The Morgan fingerprint density at radius 1 is 1.23 bits per heavy atom. The van der Waals surface area contributed by atoms with Crippen LogP contribution in [0.15, 0.2) is 52.3 Å². The van der Waals surface area contributed by atoms with Crippen LogP contribution in [0.3, 0.4) is 0 Å². The summed E-state index contributed by atoms with van der Waals surface area (Å²) in [7, 11) is 0. The number of nitrogens with two attached hydrogens (primary N) is 3. The van der Waals surface area contributed by atoms with E-state index in [9.17, 15) is 4.79 Å². The van der Waals surface area contributed by atoms with Crippen molar-refractivity contribution >= 4 is 28.5 Å². The minimum atomic E-state index is -0.511. The summed E-state index contributed by atoms with van der Waals surface area (Å²) in [5.74, 6) is -0.0276. The highest BCUT2D eigenvalue weighted by atomic mass is 35.5. The maximum atomic E-state index is 15.2. The number of nitrogens with one attached hydrogen (secondary N) is 2. The van der Waals surface area contributed by atoms with Gasteiger partial charge >= 0.3 is 5.69 Å². The minimum Gasteiger partial charge on any atom is -0.386 e. The number of halogens is 2. The number of piperidine rings is 1. The van der Waals surface area contributed by atoms with E-state index in [1.165, 1.54) is 5.56 Å². The predicted molar refractivity (Wildman–Crippen MR) is 177 cm³/mol. The Hall–Kier alpha value is -3.57. The number of H-pyrrole nitrogens is 1. The zero-order valence-electron chi connectivity index (χ0n) is 25.4. The first-order chi connectivity index (χ1) is 21.1. The fourth-order valence-electron chi connectivity index (χ4n) is 6.07. The van der Waals surface area contributed by atoms with E-state index in [0.717, 1.165) is 61.6 Å². The molecule has 2 aromatic carbocycles. The van der Waals surface area contributed by atoms with Gasteiger partial charge in [-0.05, 0) is 93.8 Å². The number of hydrogen-bond acceptors (Lipinski definition) is 6. The van der Waals surface area contributed by atoms with Crippen molar-refractivity contribution in [2.45, 2.75) is 76.9 Å². The van der Waals surface area contributed by atoms with E-state index >= 15 is 4.39 Å². The number of rotatable bonds is 11. The number of nitrogens with zero attached hydrogens (tertiary/aromatic N) is 3. The molecule has 1 aliphatic heterocycles. The topological polar surface area (TPSA) is 153 Å². The summed E-state index contributed by atoms with van der Waals surface area (Å²) in [5.41, 5.74) is 21.6. The van der Waals surface area contributed by atoms with Crippen LogP contribution in [0.2, 0.25) is 5.02 Å². The summed E-state index contributed by atoms with van der Waals surface area (Å²) >= 11 is 6.29. The van der Waals surface area contributed by atoms with Crippen LogP contribution in [-0.2, 0) is 6.42 Å². The Balaban J connectivity index is 1.38. The largest absolute Gasteiger partial charge is 0.386 e. The quantitative estimate of drug-likeness (QED) is 0.117. The molecule has 0 aliphatic carbocycles. The molecule has 11 heteroatoms. The summed E-state index contributed by atoms with van der Waals surface area (Å²) in [6.07, 6.45) is 6.64. The number of amidine groups is 1. The highest BCUT2D eigenvalue weighted by Crippen LogP contribution is 2.33. The summed E-state index contributed by atoms with van der Waals surface area (Å²) in [6.45, 7) is 4.78. The molecular formula is C33H42ClFN8O. The van der Waals surface area contributed by atoms with Crippen LogP contribution in [0, 0.1) is 12.7 Å². The van der Waals surface area contributed by atoms with Crippen molar-refractivity contribution in [2.75, 3.05) is 13.1 Å². The lowest BCUT2D eigenvalue weighted by Crippen LogP contribution is -2.37. The second kappa shape index (κ2) is 14.0. The molecule has 44 heavy (non-hydrogen) atoms. The Morgan fingerprint density at radius 2 is 2.00 bits per heavy atom. The molecular weight excluding hydrogens is 579 g/mol. The first-order valence-electron chi connectivity index (χ1n) is 15.4. The lowest BCUT2D eigenvalue weighted by molar-refractivity contribution is 0.315. The van der Waals surface area contributed by atoms with E-state index in [1.54, 1.807) is 16.7 Å². The van der Waals surface area contributed by atoms with Crippen molar-refractivity contribution in [2.24, 2.45) is 22.2 Å². The molecule has 4 aromatic rings. The Kier molecular flexibility index (Phi) is 10.2. The number of hydrogen-bond donors (Lipinski definition) is 5. The van der Waals surface area contributed by atoms with Gasteiger partial charge in [-0.1, -0.05) is 30.2 Å². The first kappa shape index (κ1) is 31.8. The Morgan fingerprint density at radius 3 is 2.73 bits per heavy atom. The van der Waals surface area contributed by atoms with Gasteiger partial charge in [-0.3, -0.25) is 9.56 Å². The number of aromatic amines is 1. The number of benzene rings is 2. The van der Waals surface area contributed by atoms with Crippen molar-refractivity contribution in [1.29, 1.82) is 0 Å². The van der Waals surface area contributed by atoms with E-state index in [4.69, 9.17) is 28.8 Å². The monoisotopic (exact) mass is 620 g/mol. The summed E-state index contributed by atoms with van der Waals surface area (Å²) in [6, 6.07) is 14.0. The molecule has 0 amide bonds. The predicted octanol–water partition coefficient (Wildman–Crippen LogP) is 5.04. The molecule has 2 aromatic heterocycles. The third kappa shape index (κ3) is 7.21. The van der Waals surface area contributed by atoms with Crippen LogP contribution in [0.1, 0.15) is 68.3 Å². The van der Waals surface area contributed by atoms with Gasteiger partial charge in [-0.2, -0.15) is 4.98 Å². The highest BCUT2D eigenvalue weighted by molar-refractivity contribution is 6.31. The molecule has 1 saturated heterocycles. The summed E-state index contributed by atoms with van der Waals surface area (Å²) in [4.78, 5) is 25.0. The standard InChI is InChI=1S/C33H42ClFN8O/c1-19(37)5-3-6-21-15-26(31(35)27(34)16-21)29-17-25-20(2)43(33(44)42-32(25)41-29)24-11-9-22(10-12-24)28-8-4-7-23(40-28)13-14-39-30(38)18-36/h9-12,15-17,19,23,28,40H,3-8,13-14,18,36-37H2,1-2H3,(H2,38,39)(H,41,42,44)/t19-,23-,28-/m0/s1. The average Bonchev–Trinajstić information content (AvgIpc) is 3.43. The van der Waals surface area contributed by atoms with Crippen molar-refractivity contribution in [1.82, 2.24) is 19.9 Å². The molecule has 9 nitrogen and oxygen atoms in total. The maximum Gasteiger partial charge on any atom is 0.354 e. The fraction of sp³-hybridized carbons (Fsp3) is 0.424. The number of fused-ring (bicyclic) bond motifs is 1. The molecule has 8 N–H and O–H groups in total. The van der Waals surface area contributed by atoms with E-state index < -0.39 is 11.5 Å². The molecule has 0 radical (unpaired) electrons. The number of aromatic nitrogens is 3. The zero-order chi connectivity index (χ0) is 31.4. The molecule has 3 heterocycles. The third-order valence-electron chi connectivity index (χ3n) is 8.46. The summed E-state index contributed by atoms with van der Waals surface area (Å²) < 4.78 is 16.8. The third-order valence-corrected chi connectivity index (χ3v) is 8.74. The van der Waals surface area contributed by atoms with Crippen LogP contribution in [0.5, 0.6) is 0 Å². The normalized spacial score (nSPS) is 18.2. The van der Waals surface area contributed by atoms with E-state index in [2.05, 4.69) is 32.4 Å². The van der Waals surface area contributed by atoms with Gasteiger partial charge in [-0.15, -0.1) is 0 Å². The number of aryl methyl sites for hydroxylation is 2. The van der Waals surface area contributed by atoms with Crippen molar-refractivity contribution in [3.05, 3.63) is 80.6 Å². The van der Waals surface area contributed by atoms with Crippen LogP contribution < -0.4 is 28.2 Å². The Labute approximate surface area is 262 Å². The molecule has 0 unspecified atom stereocenters. The molecule has 0 bridgehead atoms. The van der Waals surface area contributed by atoms with E-state index in [1.807, 2.05) is 32.0 Å². The van der Waals surface area contributed by atoms with Crippen LogP contribution in [-0.4, -0.2) is 45.5 Å². The van der Waals surface area contributed by atoms with Crippen LogP contribution in [0.4, 0.5) is 4.39 Å². The minimum absolute atomic E-state index is 0.0601. The van der Waals surface area contributed by atoms with Gasteiger partial charge < -0.3 is 27.5 Å². The average molecular weight is 621 g/mol. The van der Waals surface area contributed by atoms with Gasteiger partial charge in [-0.25, -0.2) is 9.18 Å². The fourth-order valence-corrected chi connectivity index (χ4v) is 6.32. The molecule has 0 spiro atoms. The van der Waals surface area contributed by atoms with E-state index in [0.29, 0.717) is 41.0 Å². The smallest absolute Gasteiger partial charge is 0.354 e. The SMILES string of the molecule is Cc1c2cc(-c3cc(CCC[C@H](C)N)cc(Cl)c3F)[nH]c2nc(=O)n1-c1ccc([C@@H]2CCC[C@@H](CCN=C(N)CN)N2)cc1. The summed E-state index contributed by atoms with van der Waals surface area (Å²) in [5, 5.41) is 4.54. The van der Waals surface area contributed by atoms with Crippen molar-refractivity contribution in [3.63, 3.8) is 0 Å². The lowest BCUT2D eigenvalue weighted by atomic mass is 9.92. The Bertz CT molecular complexity index is 1690. The zero-order valence-corrected chi connectivity index (χ0v) is 26.1. The van der Waals surface area contributed by atoms with Gasteiger partial charge in [0.2, 0.25) is 0 Å².